The summed E-state index contributed by atoms with van der Waals surface area (Å²) in [5.41, 5.74) is 1.98. The number of carbonyl (C=O) groups excluding carboxylic acids is 2. The Morgan fingerprint density at radius 3 is 2.73 bits per heavy atom. The summed E-state index contributed by atoms with van der Waals surface area (Å²) in [6.07, 6.45) is 4.15. The standard InChI is InChI=1S/C19H22N4O3/c1-2-26-18-6-4-3-5-17(18)21-19(25)15-11-16(13-20-12-15)23-9-7-22(14-24)8-10-23/h3-6,11-14H,2,7-10H2,1H3,(H,21,25). The van der Waals surface area contributed by atoms with Crippen molar-refractivity contribution in [2.45, 2.75) is 6.92 Å². The van der Waals surface area contributed by atoms with Crippen LogP contribution in [0.1, 0.15) is 17.3 Å². The van der Waals surface area contributed by atoms with Gasteiger partial charge >= 0.3 is 0 Å². The van der Waals surface area contributed by atoms with Crippen molar-refractivity contribution in [1.82, 2.24) is 9.88 Å². The summed E-state index contributed by atoms with van der Waals surface area (Å²) in [6, 6.07) is 9.16. The first-order valence-electron chi connectivity index (χ1n) is 8.63. The summed E-state index contributed by atoms with van der Waals surface area (Å²) < 4.78 is 5.54. The van der Waals surface area contributed by atoms with Gasteiger partial charge in [0.05, 0.1) is 29.7 Å². The number of piperazine rings is 1. The highest BCUT2D eigenvalue weighted by Crippen LogP contribution is 2.25. The summed E-state index contributed by atoms with van der Waals surface area (Å²) in [6.45, 7) is 5.20. The molecule has 3 rings (SSSR count). The smallest absolute Gasteiger partial charge is 0.257 e. The van der Waals surface area contributed by atoms with Gasteiger partial charge in [-0.1, -0.05) is 12.1 Å². The lowest BCUT2D eigenvalue weighted by molar-refractivity contribution is -0.118. The van der Waals surface area contributed by atoms with Crippen molar-refractivity contribution in [2.24, 2.45) is 0 Å². The number of aromatic nitrogens is 1. The largest absolute Gasteiger partial charge is 0.492 e. The lowest BCUT2D eigenvalue weighted by atomic mass is 10.2. The minimum Gasteiger partial charge on any atom is -0.492 e. The van der Waals surface area contributed by atoms with Crippen LogP contribution in [-0.4, -0.2) is 55.0 Å². The van der Waals surface area contributed by atoms with Crippen LogP contribution in [0.3, 0.4) is 0 Å². The lowest BCUT2D eigenvalue weighted by Gasteiger charge is -2.34. The number of hydrogen-bond acceptors (Lipinski definition) is 5. The highest BCUT2D eigenvalue weighted by Gasteiger charge is 2.17. The van der Waals surface area contributed by atoms with E-state index in [1.165, 1.54) is 0 Å². The van der Waals surface area contributed by atoms with Crippen molar-refractivity contribution >= 4 is 23.7 Å². The van der Waals surface area contributed by atoms with Crippen LogP contribution in [-0.2, 0) is 4.79 Å². The number of amides is 2. The molecule has 7 nitrogen and oxygen atoms in total. The molecule has 26 heavy (non-hydrogen) atoms. The molecule has 0 radical (unpaired) electrons. The molecule has 7 heteroatoms. The Bertz CT molecular complexity index is 773. The Hall–Kier alpha value is -3.09. The van der Waals surface area contributed by atoms with Gasteiger partial charge in [-0.05, 0) is 25.1 Å². The summed E-state index contributed by atoms with van der Waals surface area (Å²) >= 11 is 0. The second kappa shape index (κ2) is 8.33. The fraction of sp³-hybridized carbons (Fsp3) is 0.316. The number of nitrogens with zero attached hydrogens (tertiary/aromatic N) is 3. The van der Waals surface area contributed by atoms with Gasteiger partial charge in [0.15, 0.2) is 0 Å². The third-order valence-electron chi connectivity index (χ3n) is 4.25. The van der Waals surface area contributed by atoms with Crippen LogP contribution in [0.4, 0.5) is 11.4 Å². The normalized spacial score (nSPS) is 14.0. The SMILES string of the molecule is CCOc1ccccc1NC(=O)c1cncc(N2CCN(C=O)CC2)c1. The van der Waals surface area contributed by atoms with E-state index in [4.69, 9.17) is 4.74 Å². The molecule has 0 atom stereocenters. The molecule has 2 aromatic rings. The number of benzene rings is 1. The Labute approximate surface area is 152 Å². The fourth-order valence-electron chi connectivity index (χ4n) is 2.86. The minimum atomic E-state index is -0.238. The highest BCUT2D eigenvalue weighted by molar-refractivity contribution is 6.05. The molecule has 1 aliphatic rings. The zero-order valence-corrected chi connectivity index (χ0v) is 14.7. The second-order valence-electron chi connectivity index (χ2n) is 5.94. The second-order valence-corrected chi connectivity index (χ2v) is 5.94. The van der Waals surface area contributed by atoms with Crippen LogP contribution in [0.5, 0.6) is 5.75 Å². The van der Waals surface area contributed by atoms with Crippen LogP contribution in [0.15, 0.2) is 42.7 Å². The highest BCUT2D eigenvalue weighted by atomic mass is 16.5. The Kier molecular flexibility index (Phi) is 5.68. The van der Waals surface area contributed by atoms with Crippen LogP contribution in [0.2, 0.25) is 0 Å². The van der Waals surface area contributed by atoms with Crippen molar-refractivity contribution < 1.29 is 14.3 Å². The summed E-state index contributed by atoms with van der Waals surface area (Å²) in [5.74, 6) is 0.399. The van der Waals surface area contributed by atoms with Crippen LogP contribution < -0.4 is 15.0 Å². The first kappa shape index (κ1) is 17.7. The maximum atomic E-state index is 12.6. The van der Waals surface area contributed by atoms with Gasteiger partial charge in [0.2, 0.25) is 6.41 Å². The van der Waals surface area contributed by atoms with Crippen LogP contribution in [0, 0.1) is 0 Å². The number of anilines is 2. The molecule has 1 aliphatic heterocycles. The quantitative estimate of drug-likeness (QED) is 0.803. The van der Waals surface area contributed by atoms with Crippen molar-refractivity contribution in [1.29, 1.82) is 0 Å². The molecule has 136 valence electrons. The summed E-state index contributed by atoms with van der Waals surface area (Å²) in [7, 11) is 0. The number of rotatable bonds is 6. The number of nitrogens with one attached hydrogen (secondary N) is 1. The molecule has 0 unspecified atom stereocenters. The van der Waals surface area contributed by atoms with E-state index < -0.39 is 0 Å². The van der Waals surface area contributed by atoms with E-state index in [0.29, 0.717) is 36.7 Å². The van der Waals surface area contributed by atoms with Gasteiger partial charge in [0, 0.05) is 32.4 Å². The predicted molar refractivity (Wildman–Crippen MR) is 99.7 cm³/mol. The Morgan fingerprint density at radius 1 is 1.23 bits per heavy atom. The van der Waals surface area contributed by atoms with Crippen molar-refractivity contribution in [3.05, 3.63) is 48.3 Å². The number of para-hydroxylation sites is 2. The van der Waals surface area contributed by atoms with Crippen molar-refractivity contribution in [3.63, 3.8) is 0 Å². The van der Waals surface area contributed by atoms with E-state index in [-0.39, 0.29) is 5.91 Å². The Morgan fingerprint density at radius 2 is 2.00 bits per heavy atom. The van der Waals surface area contributed by atoms with Gasteiger partial charge in [0.1, 0.15) is 5.75 Å². The minimum absolute atomic E-state index is 0.238. The number of hydrogen-bond donors (Lipinski definition) is 1. The molecule has 0 saturated carbocycles. The molecule has 1 fully saturated rings. The molecule has 0 spiro atoms. The number of carbonyl (C=O) groups is 2. The fourth-order valence-corrected chi connectivity index (χ4v) is 2.86. The maximum absolute atomic E-state index is 12.6. The van der Waals surface area contributed by atoms with E-state index in [2.05, 4.69) is 15.2 Å². The predicted octanol–water partition coefficient (Wildman–Crippen LogP) is 2.01. The van der Waals surface area contributed by atoms with Gasteiger partial charge < -0.3 is 19.9 Å². The first-order valence-corrected chi connectivity index (χ1v) is 8.63. The van der Waals surface area contributed by atoms with Crippen molar-refractivity contribution in [2.75, 3.05) is 43.0 Å². The van der Waals surface area contributed by atoms with Crippen LogP contribution >= 0.6 is 0 Å². The maximum Gasteiger partial charge on any atom is 0.257 e. The molecule has 1 saturated heterocycles. The molecule has 1 N–H and O–H groups in total. The zero-order valence-electron chi connectivity index (χ0n) is 14.7. The molecule has 1 aromatic carbocycles. The Balaban J connectivity index is 1.72. The van der Waals surface area contributed by atoms with Crippen molar-refractivity contribution in [3.8, 4) is 5.75 Å². The van der Waals surface area contributed by atoms with Gasteiger partial charge in [0.25, 0.3) is 5.91 Å². The molecule has 0 bridgehead atoms. The number of pyridine rings is 1. The monoisotopic (exact) mass is 354 g/mol. The third-order valence-corrected chi connectivity index (χ3v) is 4.25. The van der Waals surface area contributed by atoms with Gasteiger partial charge in [-0.2, -0.15) is 0 Å². The van der Waals surface area contributed by atoms with E-state index in [1.807, 2.05) is 31.2 Å². The average molecular weight is 354 g/mol. The first-order chi connectivity index (χ1) is 12.7. The average Bonchev–Trinajstić information content (AvgIpc) is 2.70. The molecular formula is C19H22N4O3. The van der Waals surface area contributed by atoms with E-state index in [1.54, 1.807) is 23.4 Å². The topological polar surface area (TPSA) is 74.8 Å². The summed E-state index contributed by atoms with van der Waals surface area (Å²) in [4.78, 5) is 31.5. The third kappa shape index (κ3) is 4.11. The molecule has 0 aliphatic carbocycles. The van der Waals surface area contributed by atoms with Gasteiger partial charge in [-0.3, -0.25) is 14.6 Å². The molecule has 2 heterocycles. The zero-order chi connectivity index (χ0) is 18.4. The van der Waals surface area contributed by atoms with Crippen LogP contribution in [0.25, 0.3) is 0 Å². The van der Waals surface area contributed by atoms with E-state index in [0.717, 1.165) is 25.2 Å². The molecule has 1 aromatic heterocycles. The lowest BCUT2D eigenvalue weighted by Crippen LogP contribution is -2.45. The molecular weight excluding hydrogens is 332 g/mol. The summed E-state index contributed by atoms with van der Waals surface area (Å²) in [5, 5.41) is 2.88. The van der Waals surface area contributed by atoms with E-state index >= 15 is 0 Å². The number of ether oxygens (including phenoxy) is 1. The van der Waals surface area contributed by atoms with Gasteiger partial charge in [-0.15, -0.1) is 0 Å². The molecule has 2 amide bonds. The van der Waals surface area contributed by atoms with Gasteiger partial charge in [-0.25, -0.2) is 0 Å². The van der Waals surface area contributed by atoms with E-state index in [9.17, 15) is 9.59 Å².